The molecule has 2 heterocycles. The Morgan fingerprint density at radius 1 is 1.21 bits per heavy atom. The highest BCUT2D eigenvalue weighted by Crippen LogP contribution is 2.35. The maximum atomic E-state index is 12.6. The molecule has 1 aromatic rings. The van der Waals surface area contributed by atoms with Crippen molar-refractivity contribution in [3.8, 4) is 11.5 Å². The first-order valence-corrected chi connectivity index (χ1v) is 10.3. The number of carbonyl (C=O) groups excluding carboxylic acids is 3. The SMILES string of the molecule is CCCCCNC(=O)[C@H](C)NC(=O)[C@H]1CC(=O)N(c2ccc3c(c2)OCCO3)C1. The molecule has 8 nitrogen and oxygen atoms in total. The molecule has 0 saturated carbocycles. The van der Waals surface area contributed by atoms with Gasteiger partial charge >= 0.3 is 0 Å². The van der Waals surface area contributed by atoms with Crippen molar-refractivity contribution in [1.29, 1.82) is 0 Å². The van der Waals surface area contributed by atoms with Gasteiger partial charge in [-0.15, -0.1) is 0 Å². The van der Waals surface area contributed by atoms with Gasteiger partial charge in [0.25, 0.3) is 0 Å². The standard InChI is InChI=1S/C21H29N3O5/c1-3-4-5-8-22-20(26)14(2)23-21(27)15-11-19(25)24(13-15)16-6-7-17-18(12-16)29-10-9-28-17/h6-7,12,14-15H,3-5,8-11,13H2,1-2H3,(H,22,26)(H,23,27)/t14-,15-/m0/s1. The minimum atomic E-state index is -0.637. The van der Waals surface area contributed by atoms with E-state index in [1.54, 1.807) is 30.0 Å². The topological polar surface area (TPSA) is 97.0 Å². The zero-order valence-electron chi connectivity index (χ0n) is 17.0. The first kappa shape index (κ1) is 21.0. The van der Waals surface area contributed by atoms with Crippen molar-refractivity contribution in [3.05, 3.63) is 18.2 Å². The predicted molar refractivity (Wildman–Crippen MR) is 108 cm³/mol. The summed E-state index contributed by atoms with van der Waals surface area (Å²) in [6.45, 7) is 5.60. The van der Waals surface area contributed by atoms with Crippen molar-refractivity contribution in [2.75, 3.05) is 31.2 Å². The van der Waals surface area contributed by atoms with Crippen LogP contribution in [0.5, 0.6) is 11.5 Å². The molecule has 0 aliphatic carbocycles. The van der Waals surface area contributed by atoms with Crippen LogP contribution in [0, 0.1) is 5.92 Å². The van der Waals surface area contributed by atoms with E-state index in [1.807, 2.05) is 0 Å². The fourth-order valence-corrected chi connectivity index (χ4v) is 3.47. The Morgan fingerprint density at radius 3 is 2.72 bits per heavy atom. The molecule has 158 valence electrons. The van der Waals surface area contributed by atoms with Crippen molar-refractivity contribution < 1.29 is 23.9 Å². The van der Waals surface area contributed by atoms with E-state index >= 15 is 0 Å². The molecule has 0 bridgehead atoms. The fourth-order valence-electron chi connectivity index (χ4n) is 3.47. The van der Waals surface area contributed by atoms with E-state index in [0.717, 1.165) is 19.3 Å². The first-order chi connectivity index (χ1) is 14.0. The van der Waals surface area contributed by atoms with Crippen LogP contribution in [0.2, 0.25) is 0 Å². The van der Waals surface area contributed by atoms with E-state index in [2.05, 4.69) is 17.6 Å². The third kappa shape index (κ3) is 5.19. The molecule has 29 heavy (non-hydrogen) atoms. The molecule has 0 unspecified atom stereocenters. The van der Waals surface area contributed by atoms with Gasteiger partial charge < -0.3 is 25.0 Å². The Bertz CT molecular complexity index is 767. The molecular weight excluding hydrogens is 374 g/mol. The quantitative estimate of drug-likeness (QED) is 0.643. The summed E-state index contributed by atoms with van der Waals surface area (Å²) in [5.74, 6) is 0.143. The number of nitrogens with zero attached hydrogens (tertiary/aromatic N) is 1. The number of rotatable bonds is 8. The van der Waals surface area contributed by atoms with Crippen LogP contribution in [-0.4, -0.2) is 50.1 Å². The van der Waals surface area contributed by atoms with E-state index in [9.17, 15) is 14.4 Å². The summed E-state index contributed by atoms with van der Waals surface area (Å²) < 4.78 is 11.1. The van der Waals surface area contributed by atoms with Gasteiger partial charge in [-0.1, -0.05) is 19.8 Å². The molecule has 1 aromatic carbocycles. The van der Waals surface area contributed by atoms with Crippen LogP contribution in [0.3, 0.4) is 0 Å². The van der Waals surface area contributed by atoms with Gasteiger partial charge in [0, 0.05) is 31.3 Å². The molecule has 3 amide bonds. The molecule has 0 spiro atoms. The van der Waals surface area contributed by atoms with Crippen molar-refractivity contribution in [1.82, 2.24) is 10.6 Å². The van der Waals surface area contributed by atoms with Gasteiger partial charge in [-0.2, -0.15) is 0 Å². The number of amides is 3. The molecule has 0 radical (unpaired) electrons. The Hall–Kier alpha value is -2.77. The highest BCUT2D eigenvalue weighted by molar-refractivity contribution is 6.01. The highest BCUT2D eigenvalue weighted by atomic mass is 16.6. The van der Waals surface area contributed by atoms with E-state index < -0.39 is 12.0 Å². The van der Waals surface area contributed by atoms with E-state index in [0.29, 0.717) is 36.9 Å². The largest absolute Gasteiger partial charge is 0.486 e. The summed E-state index contributed by atoms with van der Waals surface area (Å²) in [6.07, 6.45) is 3.17. The van der Waals surface area contributed by atoms with Crippen LogP contribution in [0.25, 0.3) is 0 Å². The molecule has 2 aliphatic heterocycles. The molecule has 3 rings (SSSR count). The summed E-state index contributed by atoms with van der Waals surface area (Å²) in [5, 5.41) is 5.56. The number of hydrogen-bond acceptors (Lipinski definition) is 5. The van der Waals surface area contributed by atoms with E-state index in [4.69, 9.17) is 9.47 Å². The number of hydrogen-bond donors (Lipinski definition) is 2. The van der Waals surface area contributed by atoms with Gasteiger partial charge in [0.05, 0.1) is 5.92 Å². The number of fused-ring (bicyclic) bond motifs is 1. The number of anilines is 1. The average molecular weight is 403 g/mol. The molecule has 1 saturated heterocycles. The van der Waals surface area contributed by atoms with Gasteiger partial charge in [0.2, 0.25) is 17.7 Å². The lowest BCUT2D eigenvalue weighted by Gasteiger charge is -2.22. The monoisotopic (exact) mass is 403 g/mol. The van der Waals surface area contributed by atoms with Gasteiger partial charge in [-0.25, -0.2) is 0 Å². The second-order valence-corrected chi connectivity index (χ2v) is 7.46. The van der Waals surface area contributed by atoms with Crippen LogP contribution in [0.15, 0.2) is 18.2 Å². The van der Waals surface area contributed by atoms with Gasteiger partial charge in [0.15, 0.2) is 11.5 Å². The van der Waals surface area contributed by atoms with Crippen LogP contribution < -0.4 is 25.0 Å². The third-order valence-electron chi connectivity index (χ3n) is 5.16. The fraction of sp³-hybridized carbons (Fsp3) is 0.571. The van der Waals surface area contributed by atoms with Crippen molar-refractivity contribution in [3.63, 3.8) is 0 Å². The minimum absolute atomic E-state index is 0.116. The summed E-state index contributed by atoms with van der Waals surface area (Å²) in [5.41, 5.74) is 0.677. The third-order valence-corrected chi connectivity index (χ3v) is 5.16. The Labute approximate surface area is 170 Å². The van der Waals surface area contributed by atoms with Crippen LogP contribution in [0.1, 0.15) is 39.5 Å². The predicted octanol–water partition coefficient (Wildman–Crippen LogP) is 1.62. The number of unbranched alkanes of at least 4 members (excludes halogenated alkanes) is 2. The average Bonchev–Trinajstić information content (AvgIpc) is 3.12. The molecular formula is C21H29N3O5. The minimum Gasteiger partial charge on any atom is -0.486 e. The van der Waals surface area contributed by atoms with Crippen molar-refractivity contribution in [2.24, 2.45) is 5.92 Å². The summed E-state index contributed by atoms with van der Waals surface area (Å²) in [7, 11) is 0. The van der Waals surface area contributed by atoms with E-state index in [-0.39, 0.29) is 30.7 Å². The second kappa shape index (κ2) is 9.62. The van der Waals surface area contributed by atoms with Gasteiger partial charge in [-0.05, 0) is 25.5 Å². The molecule has 2 atom stereocenters. The lowest BCUT2D eigenvalue weighted by molar-refractivity contribution is -0.130. The zero-order chi connectivity index (χ0) is 20.8. The smallest absolute Gasteiger partial charge is 0.242 e. The Balaban J connectivity index is 1.54. The second-order valence-electron chi connectivity index (χ2n) is 7.46. The molecule has 2 aliphatic rings. The van der Waals surface area contributed by atoms with Crippen LogP contribution >= 0.6 is 0 Å². The number of benzene rings is 1. The van der Waals surface area contributed by atoms with Crippen molar-refractivity contribution in [2.45, 2.75) is 45.6 Å². The molecule has 8 heteroatoms. The van der Waals surface area contributed by atoms with Gasteiger partial charge in [-0.3, -0.25) is 14.4 Å². The Kier molecular flexibility index (Phi) is 6.95. The molecule has 0 aromatic heterocycles. The molecule has 1 fully saturated rings. The van der Waals surface area contributed by atoms with Gasteiger partial charge in [0.1, 0.15) is 19.3 Å². The molecule has 2 N–H and O–H groups in total. The maximum absolute atomic E-state index is 12.6. The summed E-state index contributed by atoms with van der Waals surface area (Å²) in [4.78, 5) is 38.7. The summed E-state index contributed by atoms with van der Waals surface area (Å²) >= 11 is 0. The number of nitrogens with one attached hydrogen (secondary N) is 2. The van der Waals surface area contributed by atoms with Crippen molar-refractivity contribution >= 4 is 23.4 Å². The number of ether oxygens (including phenoxy) is 2. The van der Waals surface area contributed by atoms with E-state index in [1.165, 1.54) is 0 Å². The normalized spacial score (nSPS) is 19.0. The first-order valence-electron chi connectivity index (χ1n) is 10.3. The number of carbonyl (C=O) groups is 3. The van der Waals surface area contributed by atoms with Crippen LogP contribution in [0.4, 0.5) is 5.69 Å². The highest BCUT2D eigenvalue weighted by Gasteiger charge is 2.36. The lowest BCUT2D eigenvalue weighted by atomic mass is 10.1. The maximum Gasteiger partial charge on any atom is 0.242 e. The summed E-state index contributed by atoms with van der Waals surface area (Å²) in [6, 6.07) is 4.69. The zero-order valence-corrected chi connectivity index (χ0v) is 17.0. The Morgan fingerprint density at radius 2 is 1.97 bits per heavy atom. The lowest BCUT2D eigenvalue weighted by Crippen LogP contribution is -2.47. The van der Waals surface area contributed by atoms with Crippen LogP contribution in [-0.2, 0) is 14.4 Å².